The summed E-state index contributed by atoms with van der Waals surface area (Å²) >= 11 is 0. The van der Waals surface area contributed by atoms with E-state index in [0.717, 1.165) is 18.4 Å². The first-order valence-corrected chi connectivity index (χ1v) is 8.60. The van der Waals surface area contributed by atoms with E-state index in [0.29, 0.717) is 16.9 Å². The fraction of sp³-hybridized carbons (Fsp3) is 0.889. The van der Waals surface area contributed by atoms with E-state index in [9.17, 15) is 0 Å². The lowest BCUT2D eigenvalue weighted by Gasteiger charge is -2.63. The van der Waals surface area contributed by atoms with Crippen LogP contribution in [0, 0.1) is 22.7 Å². The summed E-state index contributed by atoms with van der Waals surface area (Å²) in [6.07, 6.45) is 13.4. The van der Waals surface area contributed by atoms with E-state index in [1.54, 1.807) is 5.57 Å². The average molecular weight is 275 g/mol. The Hall–Kier alpha value is -0.500. The molecular weight excluding hydrogens is 246 g/mol. The molecule has 20 heavy (non-hydrogen) atoms. The highest BCUT2D eigenvalue weighted by Gasteiger charge is 2.58. The fourth-order valence-corrected chi connectivity index (χ4v) is 6.82. The standard InChI is InChI=1S/C18H29NO/c1-17-7-13-6-14(8-17)10-18(9-13,12-17)16(19-2)15-4-3-5-20-11-15/h11,13-14,16,19H,3-10,12H2,1-2H3. The van der Waals surface area contributed by atoms with E-state index in [1.807, 2.05) is 0 Å². The van der Waals surface area contributed by atoms with Crippen molar-refractivity contribution in [3.05, 3.63) is 11.8 Å². The smallest absolute Gasteiger partial charge is 0.0876 e. The molecule has 3 atom stereocenters. The van der Waals surface area contributed by atoms with Crippen LogP contribution in [-0.4, -0.2) is 19.7 Å². The van der Waals surface area contributed by atoms with Crippen molar-refractivity contribution in [1.29, 1.82) is 0 Å². The first-order chi connectivity index (χ1) is 9.62. The summed E-state index contributed by atoms with van der Waals surface area (Å²) in [5, 5.41) is 3.70. The van der Waals surface area contributed by atoms with Gasteiger partial charge in [-0.15, -0.1) is 0 Å². The predicted octanol–water partition coefficient (Wildman–Crippen LogP) is 3.88. The summed E-state index contributed by atoms with van der Waals surface area (Å²) < 4.78 is 5.65. The summed E-state index contributed by atoms with van der Waals surface area (Å²) in [5.74, 6) is 2.00. The van der Waals surface area contributed by atoms with Gasteiger partial charge in [-0.2, -0.15) is 0 Å². The number of rotatable bonds is 3. The molecule has 112 valence electrons. The third kappa shape index (κ3) is 1.94. The lowest BCUT2D eigenvalue weighted by Crippen LogP contribution is -2.58. The fourth-order valence-electron chi connectivity index (χ4n) is 6.82. The third-order valence-electron chi connectivity index (χ3n) is 6.63. The van der Waals surface area contributed by atoms with Gasteiger partial charge in [0, 0.05) is 6.04 Å². The van der Waals surface area contributed by atoms with Crippen LogP contribution < -0.4 is 5.32 Å². The van der Waals surface area contributed by atoms with Crippen LogP contribution in [0.5, 0.6) is 0 Å². The largest absolute Gasteiger partial charge is 0.501 e. The van der Waals surface area contributed by atoms with Gasteiger partial charge in [-0.3, -0.25) is 0 Å². The predicted molar refractivity (Wildman–Crippen MR) is 81.3 cm³/mol. The van der Waals surface area contributed by atoms with Crippen LogP contribution in [0.3, 0.4) is 0 Å². The summed E-state index contributed by atoms with van der Waals surface area (Å²) in [6, 6.07) is 0.563. The SMILES string of the molecule is CNC(C1=COCCC1)C12CC3CC(CC(C)(C3)C1)C2. The Morgan fingerprint density at radius 1 is 1.25 bits per heavy atom. The Balaban J connectivity index is 1.67. The molecule has 4 fully saturated rings. The maximum absolute atomic E-state index is 5.65. The molecule has 4 bridgehead atoms. The molecule has 0 saturated heterocycles. The van der Waals surface area contributed by atoms with Crippen molar-refractivity contribution in [2.45, 2.75) is 64.3 Å². The quantitative estimate of drug-likeness (QED) is 0.844. The van der Waals surface area contributed by atoms with E-state index in [4.69, 9.17) is 4.74 Å². The van der Waals surface area contributed by atoms with Crippen LogP contribution in [0.2, 0.25) is 0 Å². The summed E-state index contributed by atoms with van der Waals surface area (Å²) in [7, 11) is 2.17. The molecule has 4 aliphatic carbocycles. The zero-order valence-corrected chi connectivity index (χ0v) is 13.1. The highest BCUT2D eigenvalue weighted by atomic mass is 16.5. The molecule has 0 amide bonds. The Morgan fingerprint density at radius 2 is 2.00 bits per heavy atom. The second-order valence-electron chi connectivity index (χ2n) is 8.52. The molecule has 5 rings (SSSR count). The minimum atomic E-state index is 0.528. The lowest BCUT2D eigenvalue weighted by atomic mass is 9.42. The van der Waals surface area contributed by atoms with Crippen LogP contribution >= 0.6 is 0 Å². The van der Waals surface area contributed by atoms with Crippen molar-refractivity contribution < 1.29 is 4.74 Å². The molecule has 2 nitrogen and oxygen atoms in total. The maximum atomic E-state index is 5.65. The van der Waals surface area contributed by atoms with Crippen LogP contribution in [0.15, 0.2) is 11.8 Å². The van der Waals surface area contributed by atoms with Crippen molar-refractivity contribution in [2.75, 3.05) is 13.7 Å². The average Bonchev–Trinajstić information content (AvgIpc) is 2.37. The van der Waals surface area contributed by atoms with Gasteiger partial charge < -0.3 is 10.1 Å². The Bertz CT molecular complexity index is 413. The molecule has 0 aromatic heterocycles. The van der Waals surface area contributed by atoms with Gasteiger partial charge in [0.05, 0.1) is 12.9 Å². The van der Waals surface area contributed by atoms with Crippen molar-refractivity contribution in [1.82, 2.24) is 5.32 Å². The molecule has 0 spiro atoms. The van der Waals surface area contributed by atoms with Crippen molar-refractivity contribution in [3.63, 3.8) is 0 Å². The van der Waals surface area contributed by atoms with Gasteiger partial charge in [-0.1, -0.05) is 6.92 Å². The topological polar surface area (TPSA) is 21.3 Å². The number of likely N-dealkylation sites (N-methyl/N-ethyl adjacent to an activating group) is 1. The minimum Gasteiger partial charge on any atom is -0.501 e. The highest BCUT2D eigenvalue weighted by Crippen LogP contribution is 2.66. The van der Waals surface area contributed by atoms with Gasteiger partial charge in [-0.05, 0) is 86.7 Å². The van der Waals surface area contributed by atoms with E-state index in [1.165, 1.54) is 51.4 Å². The molecule has 4 saturated carbocycles. The second kappa shape index (κ2) is 4.50. The van der Waals surface area contributed by atoms with Crippen molar-refractivity contribution in [3.8, 4) is 0 Å². The zero-order chi connectivity index (χ0) is 13.8. The van der Waals surface area contributed by atoms with Gasteiger partial charge >= 0.3 is 0 Å². The van der Waals surface area contributed by atoms with E-state index in [-0.39, 0.29) is 0 Å². The summed E-state index contributed by atoms with van der Waals surface area (Å²) in [4.78, 5) is 0. The van der Waals surface area contributed by atoms with Crippen LogP contribution in [-0.2, 0) is 4.74 Å². The van der Waals surface area contributed by atoms with E-state index < -0.39 is 0 Å². The van der Waals surface area contributed by atoms with Crippen LogP contribution in [0.25, 0.3) is 0 Å². The zero-order valence-electron chi connectivity index (χ0n) is 13.1. The van der Waals surface area contributed by atoms with Gasteiger partial charge in [0.25, 0.3) is 0 Å². The molecule has 0 aromatic carbocycles. The lowest BCUT2D eigenvalue weighted by molar-refractivity contribution is -0.112. The van der Waals surface area contributed by atoms with Gasteiger partial charge in [-0.25, -0.2) is 0 Å². The van der Waals surface area contributed by atoms with Crippen molar-refractivity contribution >= 4 is 0 Å². The second-order valence-corrected chi connectivity index (χ2v) is 8.52. The Morgan fingerprint density at radius 3 is 2.55 bits per heavy atom. The van der Waals surface area contributed by atoms with Crippen LogP contribution in [0.1, 0.15) is 58.3 Å². The summed E-state index contributed by atoms with van der Waals surface area (Å²) in [5.41, 5.74) is 2.71. The van der Waals surface area contributed by atoms with Gasteiger partial charge in [0.15, 0.2) is 0 Å². The molecular formula is C18H29NO. The molecule has 2 heteroatoms. The van der Waals surface area contributed by atoms with Gasteiger partial charge in [0.1, 0.15) is 0 Å². The third-order valence-corrected chi connectivity index (χ3v) is 6.63. The highest BCUT2D eigenvalue weighted by molar-refractivity contribution is 5.20. The van der Waals surface area contributed by atoms with Crippen LogP contribution in [0.4, 0.5) is 0 Å². The molecule has 1 N–H and O–H groups in total. The number of ether oxygens (including phenoxy) is 1. The maximum Gasteiger partial charge on any atom is 0.0876 e. The number of hydrogen-bond donors (Lipinski definition) is 1. The van der Waals surface area contributed by atoms with E-state index in [2.05, 4.69) is 25.6 Å². The summed E-state index contributed by atoms with van der Waals surface area (Å²) in [6.45, 7) is 3.48. The molecule has 0 aromatic rings. The molecule has 5 aliphatic rings. The monoisotopic (exact) mass is 275 g/mol. The first-order valence-electron chi connectivity index (χ1n) is 8.60. The van der Waals surface area contributed by atoms with E-state index >= 15 is 0 Å². The van der Waals surface area contributed by atoms with Gasteiger partial charge in [0.2, 0.25) is 0 Å². The molecule has 1 heterocycles. The van der Waals surface area contributed by atoms with Crippen molar-refractivity contribution in [2.24, 2.45) is 22.7 Å². The minimum absolute atomic E-state index is 0.528. The molecule has 1 aliphatic heterocycles. The first kappa shape index (κ1) is 13.2. The Labute approximate surface area is 123 Å². The normalized spacial score (nSPS) is 47.8. The number of nitrogens with one attached hydrogen (secondary N) is 1. The Kier molecular flexibility index (Phi) is 2.96. The molecule has 0 radical (unpaired) electrons. The molecule has 3 unspecified atom stereocenters. The number of hydrogen-bond acceptors (Lipinski definition) is 2.